The Morgan fingerprint density at radius 2 is 2.31 bits per heavy atom. The minimum atomic E-state index is -0.399. The van der Waals surface area contributed by atoms with Crippen LogP contribution in [0.2, 0.25) is 5.02 Å². The highest BCUT2D eigenvalue weighted by atomic mass is 35.5. The van der Waals surface area contributed by atoms with Crippen molar-refractivity contribution in [3.8, 4) is 0 Å². The van der Waals surface area contributed by atoms with E-state index >= 15 is 0 Å². The van der Waals surface area contributed by atoms with Crippen LogP contribution in [0.3, 0.4) is 0 Å². The fourth-order valence-electron chi connectivity index (χ4n) is 1.22. The number of carbonyl (C=O) groups excluding carboxylic acids is 1. The van der Waals surface area contributed by atoms with E-state index in [-0.39, 0.29) is 0 Å². The quantitative estimate of drug-likeness (QED) is 0.816. The van der Waals surface area contributed by atoms with Crippen LogP contribution in [-0.4, -0.2) is 19.2 Å². The van der Waals surface area contributed by atoms with E-state index in [0.717, 1.165) is 10.5 Å². The second-order valence-electron chi connectivity index (χ2n) is 3.17. The van der Waals surface area contributed by atoms with Gasteiger partial charge in [0.15, 0.2) is 0 Å². The van der Waals surface area contributed by atoms with Crippen LogP contribution < -0.4 is 5.32 Å². The Morgan fingerprint density at radius 1 is 1.56 bits per heavy atom. The van der Waals surface area contributed by atoms with Gasteiger partial charge >= 0.3 is 6.09 Å². The summed E-state index contributed by atoms with van der Waals surface area (Å²) in [4.78, 5) is 11.8. The second kappa shape index (κ2) is 6.66. The zero-order valence-corrected chi connectivity index (χ0v) is 10.6. The number of halogens is 1. The molecular weight excluding hydrogens is 246 g/mol. The fourth-order valence-corrected chi connectivity index (χ4v) is 1.78. The maximum atomic E-state index is 11.0. The lowest BCUT2D eigenvalue weighted by molar-refractivity contribution is 0.152. The molecule has 1 rings (SSSR count). The molecule has 0 spiro atoms. The van der Waals surface area contributed by atoms with Crippen LogP contribution in [0, 0.1) is 0 Å². The maximum Gasteiger partial charge on any atom is 0.407 e. The molecule has 0 fully saturated rings. The number of benzene rings is 1. The van der Waals surface area contributed by atoms with Crippen LogP contribution in [0.1, 0.15) is 12.5 Å². The summed E-state index contributed by atoms with van der Waals surface area (Å²) >= 11 is 10.2. The summed E-state index contributed by atoms with van der Waals surface area (Å²) in [6.45, 7) is 2.65. The average molecular weight is 260 g/mol. The van der Waals surface area contributed by atoms with Gasteiger partial charge in [-0.3, -0.25) is 0 Å². The molecule has 88 valence electrons. The van der Waals surface area contributed by atoms with Crippen LogP contribution in [-0.2, 0) is 11.2 Å². The third-order valence-electron chi connectivity index (χ3n) is 1.98. The monoisotopic (exact) mass is 259 g/mol. The van der Waals surface area contributed by atoms with Crippen molar-refractivity contribution in [1.29, 1.82) is 0 Å². The van der Waals surface area contributed by atoms with Gasteiger partial charge in [0.05, 0.1) is 6.61 Å². The van der Waals surface area contributed by atoms with Crippen molar-refractivity contribution in [2.45, 2.75) is 18.2 Å². The summed E-state index contributed by atoms with van der Waals surface area (Å²) in [7, 11) is 0. The minimum absolute atomic E-state index is 0.376. The van der Waals surface area contributed by atoms with E-state index in [9.17, 15) is 4.79 Å². The molecule has 0 aromatic heterocycles. The van der Waals surface area contributed by atoms with Gasteiger partial charge in [0.2, 0.25) is 0 Å². The molecule has 0 saturated heterocycles. The fraction of sp³-hybridized carbons (Fsp3) is 0.364. The van der Waals surface area contributed by atoms with E-state index in [2.05, 4.69) is 17.9 Å². The molecule has 1 N–H and O–H groups in total. The van der Waals surface area contributed by atoms with Gasteiger partial charge in [-0.05, 0) is 31.0 Å². The third-order valence-corrected chi connectivity index (χ3v) is 2.61. The largest absolute Gasteiger partial charge is 0.450 e. The summed E-state index contributed by atoms with van der Waals surface area (Å²) in [5, 5.41) is 3.30. The first-order chi connectivity index (χ1) is 7.63. The van der Waals surface area contributed by atoms with E-state index < -0.39 is 6.09 Å². The van der Waals surface area contributed by atoms with Crippen LogP contribution in [0.15, 0.2) is 23.1 Å². The Labute approximate surface area is 106 Å². The number of thiol groups is 1. The minimum Gasteiger partial charge on any atom is -0.450 e. The topological polar surface area (TPSA) is 38.3 Å². The molecule has 0 aliphatic carbocycles. The Hall–Kier alpha value is -0.870. The Kier molecular flexibility index (Phi) is 5.49. The summed E-state index contributed by atoms with van der Waals surface area (Å²) < 4.78 is 4.73. The SMILES string of the molecule is CCOC(=O)NCCc1ccc(S)cc1Cl. The number of alkyl carbamates (subject to hydrolysis) is 1. The van der Waals surface area contributed by atoms with Gasteiger partial charge in [0.1, 0.15) is 0 Å². The highest BCUT2D eigenvalue weighted by molar-refractivity contribution is 7.80. The first-order valence-corrected chi connectivity index (χ1v) is 5.84. The molecule has 0 aliphatic rings. The first kappa shape index (κ1) is 13.2. The molecule has 0 heterocycles. The van der Waals surface area contributed by atoms with E-state index in [1.807, 2.05) is 12.1 Å². The van der Waals surface area contributed by atoms with Crippen molar-refractivity contribution in [1.82, 2.24) is 5.32 Å². The molecule has 3 nitrogen and oxygen atoms in total. The average Bonchev–Trinajstić information content (AvgIpc) is 2.22. The van der Waals surface area contributed by atoms with Crippen LogP contribution in [0.5, 0.6) is 0 Å². The molecule has 1 aromatic rings. The zero-order valence-electron chi connectivity index (χ0n) is 9.00. The molecule has 0 aliphatic heterocycles. The molecule has 0 radical (unpaired) electrons. The summed E-state index contributed by atoms with van der Waals surface area (Å²) in [6.07, 6.45) is 0.274. The first-order valence-electron chi connectivity index (χ1n) is 5.01. The van der Waals surface area contributed by atoms with Gasteiger partial charge in [0.25, 0.3) is 0 Å². The molecule has 1 amide bonds. The van der Waals surface area contributed by atoms with Gasteiger partial charge < -0.3 is 10.1 Å². The summed E-state index contributed by atoms with van der Waals surface area (Å²) in [5.41, 5.74) is 0.983. The molecule has 0 unspecified atom stereocenters. The van der Waals surface area contributed by atoms with E-state index in [1.54, 1.807) is 13.0 Å². The van der Waals surface area contributed by atoms with Gasteiger partial charge in [0, 0.05) is 16.5 Å². The lowest BCUT2D eigenvalue weighted by Gasteiger charge is -2.07. The molecule has 0 atom stereocenters. The number of rotatable bonds is 4. The van der Waals surface area contributed by atoms with E-state index in [1.165, 1.54) is 0 Å². The molecule has 0 saturated carbocycles. The molecule has 5 heteroatoms. The predicted octanol–water partition coefficient (Wildman–Crippen LogP) is 2.92. The van der Waals surface area contributed by atoms with Gasteiger partial charge in [-0.2, -0.15) is 0 Å². The summed E-state index contributed by atoms with van der Waals surface area (Å²) in [5.74, 6) is 0. The zero-order chi connectivity index (χ0) is 12.0. The lowest BCUT2D eigenvalue weighted by Crippen LogP contribution is -2.26. The van der Waals surface area contributed by atoms with Crippen LogP contribution in [0.4, 0.5) is 4.79 Å². The standard InChI is InChI=1S/C11H14ClNO2S/c1-2-15-11(14)13-6-5-8-3-4-9(16)7-10(8)12/h3-4,7,16H,2,5-6H2,1H3,(H,13,14). The number of nitrogens with one attached hydrogen (secondary N) is 1. The Morgan fingerprint density at radius 3 is 2.94 bits per heavy atom. The Balaban J connectivity index is 2.40. The van der Waals surface area contributed by atoms with E-state index in [0.29, 0.717) is 24.6 Å². The number of carbonyl (C=O) groups is 1. The number of amides is 1. The van der Waals surface area contributed by atoms with Crippen molar-refractivity contribution in [2.75, 3.05) is 13.2 Å². The van der Waals surface area contributed by atoms with Gasteiger partial charge in [-0.25, -0.2) is 4.79 Å². The smallest absolute Gasteiger partial charge is 0.407 e. The molecule has 16 heavy (non-hydrogen) atoms. The normalized spacial score (nSPS) is 9.94. The Bertz CT molecular complexity index is 371. The molecular formula is C11H14ClNO2S. The second-order valence-corrected chi connectivity index (χ2v) is 4.10. The molecule has 0 bridgehead atoms. The van der Waals surface area contributed by atoms with Crippen molar-refractivity contribution in [3.05, 3.63) is 28.8 Å². The number of hydrogen-bond acceptors (Lipinski definition) is 3. The van der Waals surface area contributed by atoms with Gasteiger partial charge in [-0.1, -0.05) is 17.7 Å². The highest BCUT2D eigenvalue weighted by Gasteiger charge is 2.03. The van der Waals surface area contributed by atoms with Crippen molar-refractivity contribution >= 4 is 30.3 Å². The van der Waals surface area contributed by atoms with Crippen molar-refractivity contribution in [3.63, 3.8) is 0 Å². The molecule has 1 aromatic carbocycles. The predicted molar refractivity (Wildman–Crippen MR) is 67.4 cm³/mol. The number of ether oxygens (including phenoxy) is 1. The van der Waals surface area contributed by atoms with Crippen LogP contribution in [0.25, 0.3) is 0 Å². The van der Waals surface area contributed by atoms with Crippen molar-refractivity contribution in [2.24, 2.45) is 0 Å². The number of hydrogen-bond donors (Lipinski definition) is 2. The summed E-state index contributed by atoms with van der Waals surface area (Å²) in [6, 6.07) is 5.55. The van der Waals surface area contributed by atoms with E-state index in [4.69, 9.17) is 16.3 Å². The van der Waals surface area contributed by atoms with Gasteiger partial charge in [-0.15, -0.1) is 12.6 Å². The maximum absolute atomic E-state index is 11.0. The lowest BCUT2D eigenvalue weighted by atomic mass is 10.1. The van der Waals surface area contributed by atoms with Crippen molar-refractivity contribution < 1.29 is 9.53 Å². The highest BCUT2D eigenvalue weighted by Crippen LogP contribution is 2.19. The third kappa shape index (κ3) is 4.33. The van der Waals surface area contributed by atoms with Crippen LogP contribution >= 0.6 is 24.2 Å².